The van der Waals surface area contributed by atoms with E-state index < -0.39 is 0 Å². The molecule has 1 atom stereocenters. The van der Waals surface area contributed by atoms with Crippen LogP contribution in [0, 0.1) is 0 Å². The molecule has 1 N–H and O–H groups in total. The first-order chi connectivity index (χ1) is 12.6. The van der Waals surface area contributed by atoms with Crippen molar-refractivity contribution in [1.82, 2.24) is 9.80 Å². The van der Waals surface area contributed by atoms with Crippen molar-refractivity contribution in [2.45, 2.75) is 18.9 Å². The minimum absolute atomic E-state index is 0.0897. The van der Waals surface area contributed by atoms with Crippen LogP contribution in [0.3, 0.4) is 0 Å². The molecule has 1 fully saturated rings. The van der Waals surface area contributed by atoms with Crippen LogP contribution in [0.4, 0.5) is 10.5 Å². The smallest absolute Gasteiger partial charge is 0.321 e. The average molecular weight is 357 g/mol. The molecule has 6 nitrogen and oxygen atoms in total. The minimum Gasteiger partial charge on any atom is -0.464 e. The van der Waals surface area contributed by atoms with Crippen molar-refractivity contribution in [2.75, 3.05) is 45.7 Å². The molecule has 6 heteroatoms. The predicted molar refractivity (Wildman–Crippen MR) is 102 cm³/mol. The molecule has 2 heterocycles. The molecule has 140 valence electrons. The Kier molecular flexibility index (Phi) is 6.30. The molecule has 0 unspecified atom stereocenters. The first-order valence-corrected chi connectivity index (χ1v) is 9.08. The van der Waals surface area contributed by atoms with E-state index in [1.165, 1.54) is 0 Å². The summed E-state index contributed by atoms with van der Waals surface area (Å²) >= 11 is 0. The van der Waals surface area contributed by atoms with Crippen molar-refractivity contribution in [2.24, 2.45) is 0 Å². The normalized spacial score (nSPS) is 16.8. The first kappa shape index (κ1) is 18.5. The van der Waals surface area contributed by atoms with Gasteiger partial charge in [0.25, 0.3) is 0 Å². The summed E-state index contributed by atoms with van der Waals surface area (Å²) < 4.78 is 11.1. The number of anilines is 1. The molecule has 1 aliphatic rings. The number of carbonyl (C=O) groups is 1. The molecule has 2 amide bonds. The molecule has 0 bridgehead atoms. The number of rotatable bonds is 7. The number of amides is 2. The Morgan fingerprint density at radius 2 is 2.00 bits per heavy atom. The van der Waals surface area contributed by atoms with E-state index in [0.717, 1.165) is 43.0 Å². The second kappa shape index (κ2) is 8.87. The van der Waals surface area contributed by atoms with Crippen molar-refractivity contribution in [3.05, 3.63) is 42.7 Å². The monoisotopic (exact) mass is 357 g/mol. The number of ether oxygens (including phenoxy) is 1. The van der Waals surface area contributed by atoms with Gasteiger partial charge >= 0.3 is 6.03 Å². The van der Waals surface area contributed by atoms with Crippen molar-refractivity contribution in [3.8, 4) is 11.3 Å². The molecule has 1 aliphatic heterocycles. The lowest BCUT2D eigenvalue weighted by Gasteiger charge is -2.27. The largest absolute Gasteiger partial charge is 0.464 e. The van der Waals surface area contributed by atoms with E-state index in [-0.39, 0.29) is 12.1 Å². The fourth-order valence-electron chi connectivity index (χ4n) is 2.99. The third-order valence-corrected chi connectivity index (χ3v) is 4.49. The zero-order chi connectivity index (χ0) is 18.4. The number of nitrogens with zero attached hydrogens (tertiary/aromatic N) is 2. The molecule has 3 rings (SSSR count). The molecule has 0 radical (unpaired) electrons. The number of carbonyl (C=O) groups excluding carboxylic acids is 1. The van der Waals surface area contributed by atoms with Crippen LogP contribution in [-0.4, -0.2) is 62.3 Å². The highest BCUT2D eigenvalue weighted by Gasteiger charge is 2.22. The zero-order valence-corrected chi connectivity index (χ0v) is 15.5. The summed E-state index contributed by atoms with van der Waals surface area (Å²) in [5.74, 6) is 0.814. The lowest BCUT2D eigenvalue weighted by Crippen LogP contribution is -2.43. The third kappa shape index (κ3) is 5.09. The summed E-state index contributed by atoms with van der Waals surface area (Å²) in [5, 5.41) is 2.99. The van der Waals surface area contributed by atoms with E-state index in [2.05, 4.69) is 10.2 Å². The van der Waals surface area contributed by atoms with Crippen LogP contribution in [0.15, 0.2) is 47.1 Å². The van der Waals surface area contributed by atoms with E-state index in [0.29, 0.717) is 13.1 Å². The lowest BCUT2D eigenvalue weighted by molar-refractivity contribution is 0.0820. The van der Waals surface area contributed by atoms with Crippen LogP contribution in [0.5, 0.6) is 0 Å². The molecule has 1 saturated heterocycles. The molecular formula is C20H27N3O3. The van der Waals surface area contributed by atoms with Gasteiger partial charge in [-0.25, -0.2) is 4.79 Å². The van der Waals surface area contributed by atoms with E-state index in [9.17, 15) is 4.79 Å². The van der Waals surface area contributed by atoms with Crippen LogP contribution in [-0.2, 0) is 4.74 Å². The maximum absolute atomic E-state index is 12.7. The highest BCUT2D eigenvalue weighted by atomic mass is 16.5. The minimum atomic E-state index is -0.0897. The molecule has 1 aromatic carbocycles. The van der Waals surface area contributed by atoms with Crippen LogP contribution < -0.4 is 5.32 Å². The Morgan fingerprint density at radius 3 is 2.62 bits per heavy atom. The molecule has 2 aromatic rings. The molecular weight excluding hydrogens is 330 g/mol. The summed E-state index contributed by atoms with van der Waals surface area (Å²) in [6.07, 6.45) is 3.88. The van der Waals surface area contributed by atoms with Gasteiger partial charge in [0.05, 0.1) is 12.4 Å². The Hall–Kier alpha value is -2.31. The van der Waals surface area contributed by atoms with Gasteiger partial charge in [-0.15, -0.1) is 0 Å². The van der Waals surface area contributed by atoms with Crippen molar-refractivity contribution < 1.29 is 13.9 Å². The number of furan rings is 1. The fraction of sp³-hybridized carbons (Fsp3) is 0.450. The van der Waals surface area contributed by atoms with Crippen molar-refractivity contribution >= 4 is 11.7 Å². The summed E-state index contributed by atoms with van der Waals surface area (Å²) in [4.78, 5) is 16.7. The number of hydrogen-bond acceptors (Lipinski definition) is 4. The number of likely N-dealkylation sites (N-methyl/N-ethyl adjacent to an activating group) is 1. The summed E-state index contributed by atoms with van der Waals surface area (Å²) in [6.45, 7) is 2.91. The van der Waals surface area contributed by atoms with Gasteiger partial charge in [0.2, 0.25) is 0 Å². The van der Waals surface area contributed by atoms with Gasteiger partial charge in [-0.2, -0.15) is 0 Å². The highest BCUT2D eigenvalue weighted by Crippen LogP contribution is 2.22. The van der Waals surface area contributed by atoms with Crippen LogP contribution in [0.2, 0.25) is 0 Å². The number of benzene rings is 1. The van der Waals surface area contributed by atoms with Crippen LogP contribution in [0.25, 0.3) is 11.3 Å². The highest BCUT2D eigenvalue weighted by molar-refractivity contribution is 5.89. The van der Waals surface area contributed by atoms with Gasteiger partial charge in [0.15, 0.2) is 0 Å². The second-order valence-corrected chi connectivity index (χ2v) is 6.87. The Bertz CT molecular complexity index is 677. The van der Waals surface area contributed by atoms with Gasteiger partial charge in [-0.05, 0) is 63.3 Å². The fourth-order valence-corrected chi connectivity index (χ4v) is 2.99. The second-order valence-electron chi connectivity index (χ2n) is 6.87. The molecule has 0 aliphatic carbocycles. The summed E-state index contributed by atoms with van der Waals surface area (Å²) in [5.41, 5.74) is 1.75. The van der Waals surface area contributed by atoms with Crippen molar-refractivity contribution in [1.29, 1.82) is 0 Å². The Balaban J connectivity index is 1.61. The van der Waals surface area contributed by atoms with Gasteiger partial charge in [-0.1, -0.05) is 0 Å². The SMILES string of the molecule is CN(C)CCN(C[C@@H]1CCCO1)C(=O)Nc1ccc(-c2ccco2)cc1. The summed E-state index contributed by atoms with van der Waals surface area (Å²) in [7, 11) is 4.02. The lowest BCUT2D eigenvalue weighted by atomic mass is 10.1. The first-order valence-electron chi connectivity index (χ1n) is 9.08. The van der Waals surface area contributed by atoms with Gasteiger partial charge in [-0.3, -0.25) is 0 Å². The standard InChI is InChI=1S/C20H27N3O3/c1-22(2)11-12-23(15-18-5-3-13-25-18)20(24)21-17-9-7-16(8-10-17)19-6-4-14-26-19/h4,6-10,14,18H,3,5,11-13,15H2,1-2H3,(H,21,24)/t18-/m0/s1. The third-order valence-electron chi connectivity index (χ3n) is 4.49. The Morgan fingerprint density at radius 1 is 1.19 bits per heavy atom. The number of nitrogens with one attached hydrogen (secondary N) is 1. The average Bonchev–Trinajstić information content (AvgIpc) is 3.33. The maximum atomic E-state index is 12.7. The topological polar surface area (TPSA) is 58.0 Å². The van der Waals surface area contributed by atoms with E-state index >= 15 is 0 Å². The maximum Gasteiger partial charge on any atom is 0.321 e. The number of hydrogen-bond donors (Lipinski definition) is 1. The number of urea groups is 1. The van der Waals surface area contributed by atoms with Crippen LogP contribution in [0.1, 0.15) is 12.8 Å². The molecule has 0 saturated carbocycles. The van der Waals surface area contributed by atoms with Crippen molar-refractivity contribution in [3.63, 3.8) is 0 Å². The Labute approximate surface area is 154 Å². The van der Waals surface area contributed by atoms with Gasteiger partial charge in [0, 0.05) is 37.5 Å². The molecule has 0 spiro atoms. The van der Waals surface area contributed by atoms with Crippen LogP contribution >= 0.6 is 0 Å². The zero-order valence-electron chi connectivity index (χ0n) is 15.5. The quantitative estimate of drug-likeness (QED) is 0.824. The van der Waals surface area contributed by atoms with E-state index in [1.54, 1.807) is 6.26 Å². The molecule has 26 heavy (non-hydrogen) atoms. The predicted octanol–water partition coefficient (Wildman–Crippen LogP) is 3.52. The summed E-state index contributed by atoms with van der Waals surface area (Å²) in [6, 6.07) is 11.4. The molecule has 1 aromatic heterocycles. The van der Waals surface area contributed by atoms with E-state index in [4.69, 9.17) is 9.15 Å². The van der Waals surface area contributed by atoms with Gasteiger partial charge < -0.3 is 24.3 Å². The van der Waals surface area contributed by atoms with E-state index in [1.807, 2.05) is 55.4 Å². The van der Waals surface area contributed by atoms with Gasteiger partial charge in [0.1, 0.15) is 5.76 Å².